The smallest absolute Gasteiger partial charge is 0.329 e. The lowest BCUT2D eigenvalue weighted by atomic mass is 10.0. The SMILES string of the molecule is CC(C)Oc1ccc(C(C)c2nn(-c3ccccc3Cl)c(=O)s2)cc1. The first kappa shape index (κ1) is 17.7. The van der Waals surface area contributed by atoms with Crippen LogP contribution in [0.3, 0.4) is 0 Å². The van der Waals surface area contributed by atoms with Gasteiger partial charge < -0.3 is 4.74 Å². The molecule has 6 heteroatoms. The minimum atomic E-state index is -0.144. The number of para-hydroxylation sites is 1. The second-order valence-electron chi connectivity index (χ2n) is 6.03. The van der Waals surface area contributed by atoms with Gasteiger partial charge in [-0.2, -0.15) is 9.78 Å². The van der Waals surface area contributed by atoms with Crippen molar-refractivity contribution in [3.8, 4) is 11.4 Å². The van der Waals surface area contributed by atoms with Gasteiger partial charge in [0.2, 0.25) is 0 Å². The zero-order valence-electron chi connectivity index (χ0n) is 14.3. The van der Waals surface area contributed by atoms with Crippen LogP contribution in [0.25, 0.3) is 5.69 Å². The van der Waals surface area contributed by atoms with E-state index in [2.05, 4.69) is 5.10 Å². The fourth-order valence-corrected chi connectivity index (χ4v) is 3.55. The maximum atomic E-state index is 12.3. The van der Waals surface area contributed by atoms with Gasteiger partial charge in [0.1, 0.15) is 10.8 Å². The van der Waals surface area contributed by atoms with Crippen LogP contribution in [-0.2, 0) is 0 Å². The van der Waals surface area contributed by atoms with Gasteiger partial charge in [0.05, 0.1) is 16.8 Å². The molecular formula is C19H19ClN2O2S. The lowest BCUT2D eigenvalue weighted by molar-refractivity contribution is 0.242. The molecule has 130 valence electrons. The van der Waals surface area contributed by atoms with Crippen LogP contribution >= 0.6 is 22.9 Å². The van der Waals surface area contributed by atoms with Crippen LogP contribution in [-0.4, -0.2) is 15.9 Å². The van der Waals surface area contributed by atoms with Crippen molar-refractivity contribution in [3.05, 3.63) is 73.8 Å². The summed E-state index contributed by atoms with van der Waals surface area (Å²) in [6.45, 7) is 6.03. The molecule has 0 aliphatic rings. The van der Waals surface area contributed by atoms with Gasteiger partial charge in [0, 0.05) is 5.92 Å². The standard InChI is InChI=1S/C19H19ClN2O2S/c1-12(2)24-15-10-8-14(9-11-15)13(3)18-21-22(19(23)25-18)17-7-5-4-6-16(17)20/h4-13H,1-3H3. The third kappa shape index (κ3) is 3.94. The lowest BCUT2D eigenvalue weighted by Crippen LogP contribution is -2.12. The number of hydrogen-bond donors (Lipinski definition) is 0. The number of rotatable bonds is 5. The van der Waals surface area contributed by atoms with Gasteiger partial charge in [-0.15, -0.1) is 0 Å². The molecule has 1 aromatic heterocycles. The minimum absolute atomic E-state index is 0.00883. The van der Waals surface area contributed by atoms with Gasteiger partial charge in [-0.3, -0.25) is 4.79 Å². The van der Waals surface area contributed by atoms with E-state index in [0.717, 1.165) is 27.7 Å². The maximum absolute atomic E-state index is 12.3. The molecule has 3 rings (SSSR count). The highest BCUT2D eigenvalue weighted by molar-refractivity contribution is 7.09. The van der Waals surface area contributed by atoms with Gasteiger partial charge in [-0.05, 0) is 43.7 Å². The van der Waals surface area contributed by atoms with Crippen molar-refractivity contribution in [3.63, 3.8) is 0 Å². The zero-order valence-corrected chi connectivity index (χ0v) is 15.8. The Morgan fingerprint density at radius 2 is 1.76 bits per heavy atom. The number of ether oxygens (including phenoxy) is 1. The van der Waals surface area contributed by atoms with E-state index in [-0.39, 0.29) is 16.9 Å². The first-order valence-corrected chi connectivity index (χ1v) is 9.26. The molecule has 2 aromatic carbocycles. The lowest BCUT2D eigenvalue weighted by Gasteiger charge is -2.12. The van der Waals surface area contributed by atoms with Crippen molar-refractivity contribution in [2.45, 2.75) is 32.8 Å². The Bertz CT molecular complexity index is 916. The number of nitrogens with zero attached hydrogens (tertiary/aromatic N) is 2. The van der Waals surface area contributed by atoms with E-state index in [1.165, 1.54) is 4.68 Å². The fourth-order valence-electron chi connectivity index (χ4n) is 2.49. The van der Waals surface area contributed by atoms with Crippen molar-refractivity contribution < 1.29 is 4.74 Å². The second kappa shape index (κ2) is 7.42. The van der Waals surface area contributed by atoms with E-state index < -0.39 is 0 Å². The highest BCUT2D eigenvalue weighted by Gasteiger charge is 2.17. The highest BCUT2D eigenvalue weighted by atomic mass is 35.5. The monoisotopic (exact) mass is 374 g/mol. The number of aromatic nitrogens is 2. The van der Waals surface area contributed by atoms with Crippen molar-refractivity contribution in [1.82, 2.24) is 9.78 Å². The van der Waals surface area contributed by atoms with Crippen LogP contribution < -0.4 is 9.61 Å². The topological polar surface area (TPSA) is 44.1 Å². The number of benzene rings is 2. The molecule has 0 amide bonds. The molecule has 0 spiro atoms. The molecular weight excluding hydrogens is 356 g/mol. The molecule has 1 atom stereocenters. The summed E-state index contributed by atoms with van der Waals surface area (Å²) in [4.78, 5) is 12.2. The Hall–Kier alpha value is -2.11. The van der Waals surface area contributed by atoms with Gasteiger partial charge in [0.15, 0.2) is 0 Å². The summed E-state index contributed by atoms with van der Waals surface area (Å²) in [5.74, 6) is 0.843. The summed E-state index contributed by atoms with van der Waals surface area (Å²) in [7, 11) is 0. The average molecular weight is 375 g/mol. The molecule has 1 heterocycles. The molecule has 0 radical (unpaired) electrons. The summed E-state index contributed by atoms with van der Waals surface area (Å²) >= 11 is 7.33. The molecule has 3 aromatic rings. The molecule has 1 unspecified atom stereocenters. The predicted molar refractivity (Wildman–Crippen MR) is 102 cm³/mol. The molecule has 0 N–H and O–H groups in total. The summed E-state index contributed by atoms with van der Waals surface area (Å²) < 4.78 is 7.04. The molecule has 0 fully saturated rings. The first-order chi connectivity index (χ1) is 12.0. The van der Waals surface area contributed by atoms with E-state index in [9.17, 15) is 4.79 Å². The Balaban J connectivity index is 1.89. The van der Waals surface area contributed by atoms with Gasteiger partial charge in [0.25, 0.3) is 0 Å². The summed E-state index contributed by atoms with van der Waals surface area (Å²) in [6, 6.07) is 15.1. The van der Waals surface area contributed by atoms with Crippen LogP contribution in [0.15, 0.2) is 53.3 Å². The van der Waals surface area contributed by atoms with Gasteiger partial charge in [-0.25, -0.2) is 0 Å². The van der Waals surface area contributed by atoms with Crippen molar-refractivity contribution >= 4 is 22.9 Å². The van der Waals surface area contributed by atoms with E-state index >= 15 is 0 Å². The van der Waals surface area contributed by atoms with Gasteiger partial charge >= 0.3 is 4.87 Å². The van der Waals surface area contributed by atoms with Crippen LogP contribution in [0.5, 0.6) is 5.75 Å². The molecule has 0 bridgehead atoms. The zero-order chi connectivity index (χ0) is 18.0. The molecule has 25 heavy (non-hydrogen) atoms. The number of halogens is 1. The van der Waals surface area contributed by atoms with Crippen LogP contribution in [0.4, 0.5) is 0 Å². The second-order valence-corrected chi connectivity index (χ2v) is 7.41. The molecule has 0 aliphatic carbocycles. The Kier molecular flexibility index (Phi) is 5.25. The molecule has 0 saturated carbocycles. The Morgan fingerprint density at radius 1 is 1.08 bits per heavy atom. The van der Waals surface area contributed by atoms with Crippen molar-refractivity contribution in [1.29, 1.82) is 0 Å². The summed E-state index contributed by atoms with van der Waals surface area (Å²) in [5.41, 5.74) is 1.68. The quantitative estimate of drug-likeness (QED) is 0.638. The van der Waals surface area contributed by atoms with E-state index in [1.54, 1.807) is 12.1 Å². The molecule has 0 saturated heterocycles. The average Bonchev–Trinajstić information content (AvgIpc) is 2.96. The minimum Gasteiger partial charge on any atom is -0.491 e. The van der Waals surface area contributed by atoms with Crippen LogP contribution in [0.2, 0.25) is 5.02 Å². The van der Waals surface area contributed by atoms with Gasteiger partial charge in [-0.1, -0.05) is 54.1 Å². The summed E-state index contributed by atoms with van der Waals surface area (Å²) in [5, 5.41) is 5.75. The van der Waals surface area contributed by atoms with Crippen LogP contribution in [0, 0.1) is 0 Å². The maximum Gasteiger partial charge on any atom is 0.329 e. The number of hydrogen-bond acceptors (Lipinski definition) is 4. The van der Waals surface area contributed by atoms with E-state index in [4.69, 9.17) is 16.3 Å². The normalized spacial score (nSPS) is 12.4. The Labute approximate surface area is 155 Å². The summed E-state index contributed by atoms with van der Waals surface area (Å²) in [6.07, 6.45) is 0.139. The third-order valence-electron chi connectivity index (χ3n) is 3.77. The predicted octanol–water partition coefficient (Wildman–Crippen LogP) is 4.89. The van der Waals surface area contributed by atoms with Crippen LogP contribution in [0.1, 0.15) is 37.3 Å². The van der Waals surface area contributed by atoms with E-state index in [0.29, 0.717) is 10.7 Å². The first-order valence-electron chi connectivity index (χ1n) is 8.07. The largest absolute Gasteiger partial charge is 0.491 e. The molecule has 0 aliphatic heterocycles. The van der Waals surface area contributed by atoms with E-state index in [1.807, 2.05) is 57.2 Å². The third-order valence-corrected chi connectivity index (χ3v) is 5.08. The highest BCUT2D eigenvalue weighted by Crippen LogP contribution is 2.27. The molecule has 4 nitrogen and oxygen atoms in total. The fraction of sp³-hybridized carbons (Fsp3) is 0.263. The van der Waals surface area contributed by atoms with Crippen molar-refractivity contribution in [2.75, 3.05) is 0 Å². The Morgan fingerprint density at radius 3 is 2.40 bits per heavy atom. The van der Waals surface area contributed by atoms with Crippen molar-refractivity contribution in [2.24, 2.45) is 0 Å².